The van der Waals surface area contributed by atoms with Gasteiger partial charge in [-0.25, -0.2) is 0 Å². The minimum absolute atomic E-state index is 0.0327. The zero-order valence-corrected chi connectivity index (χ0v) is 13.9. The third kappa shape index (κ3) is 3.27. The molecular formula is C16H23ClN4. The van der Waals surface area contributed by atoms with Crippen molar-refractivity contribution in [2.45, 2.75) is 46.2 Å². The Hall–Kier alpha value is -1.39. The fraction of sp³-hybridized carbons (Fsp3) is 0.500. The minimum atomic E-state index is 0.0327. The highest BCUT2D eigenvalue weighted by atomic mass is 35.5. The van der Waals surface area contributed by atoms with E-state index in [9.17, 15) is 0 Å². The van der Waals surface area contributed by atoms with Crippen molar-refractivity contribution in [1.82, 2.24) is 20.1 Å². The number of hydrogen-bond acceptors (Lipinski definition) is 3. The van der Waals surface area contributed by atoms with Crippen molar-refractivity contribution in [3.8, 4) is 0 Å². The summed E-state index contributed by atoms with van der Waals surface area (Å²) in [6.45, 7) is 9.33. The van der Waals surface area contributed by atoms with E-state index in [1.165, 1.54) is 11.1 Å². The number of pyridine rings is 1. The summed E-state index contributed by atoms with van der Waals surface area (Å²) in [7, 11) is 0. The van der Waals surface area contributed by atoms with Gasteiger partial charge in [-0.2, -0.15) is 5.10 Å². The first kappa shape index (κ1) is 16.0. The Morgan fingerprint density at radius 1 is 1.29 bits per heavy atom. The van der Waals surface area contributed by atoms with Gasteiger partial charge in [-0.3, -0.25) is 9.67 Å². The summed E-state index contributed by atoms with van der Waals surface area (Å²) in [6, 6.07) is 2.37. The van der Waals surface area contributed by atoms with E-state index < -0.39 is 0 Å². The molecule has 4 nitrogen and oxygen atoms in total. The van der Waals surface area contributed by atoms with Crippen LogP contribution in [0.5, 0.6) is 0 Å². The van der Waals surface area contributed by atoms with E-state index in [2.05, 4.69) is 49.2 Å². The van der Waals surface area contributed by atoms with Gasteiger partial charge in [0.1, 0.15) is 0 Å². The molecule has 0 fully saturated rings. The second-order valence-electron chi connectivity index (χ2n) is 5.33. The molecule has 0 aliphatic rings. The predicted octanol–water partition coefficient (Wildman–Crippen LogP) is 3.77. The quantitative estimate of drug-likeness (QED) is 0.883. The number of nitrogens with one attached hydrogen (secondary N) is 1. The van der Waals surface area contributed by atoms with E-state index >= 15 is 0 Å². The van der Waals surface area contributed by atoms with Crippen molar-refractivity contribution < 1.29 is 0 Å². The maximum Gasteiger partial charge on any atom is 0.0837 e. The number of rotatable bonds is 6. The normalized spacial score (nSPS) is 12.9. The Morgan fingerprint density at radius 2 is 2.05 bits per heavy atom. The predicted molar refractivity (Wildman–Crippen MR) is 86.8 cm³/mol. The fourth-order valence-corrected chi connectivity index (χ4v) is 2.84. The topological polar surface area (TPSA) is 42.7 Å². The van der Waals surface area contributed by atoms with Crippen molar-refractivity contribution >= 4 is 11.6 Å². The Labute approximate surface area is 131 Å². The monoisotopic (exact) mass is 306 g/mol. The van der Waals surface area contributed by atoms with Crippen LogP contribution < -0.4 is 5.32 Å². The van der Waals surface area contributed by atoms with Crippen LogP contribution in [0.2, 0.25) is 5.02 Å². The van der Waals surface area contributed by atoms with Crippen LogP contribution >= 0.6 is 11.6 Å². The first-order valence-electron chi connectivity index (χ1n) is 7.49. The average Bonchev–Trinajstić information content (AvgIpc) is 2.86. The van der Waals surface area contributed by atoms with Crippen molar-refractivity contribution in [2.24, 2.45) is 0 Å². The molecule has 0 radical (unpaired) electrons. The molecular weight excluding hydrogens is 284 g/mol. The van der Waals surface area contributed by atoms with E-state index in [4.69, 9.17) is 11.6 Å². The minimum Gasteiger partial charge on any atom is -0.305 e. The molecule has 1 atom stereocenters. The van der Waals surface area contributed by atoms with Crippen LogP contribution in [0.4, 0.5) is 0 Å². The van der Waals surface area contributed by atoms with E-state index in [-0.39, 0.29) is 12.1 Å². The summed E-state index contributed by atoms with van der Waals surface area (Å²) in [5.74, 6) is 0. The van der Waals surface area contributed by atoms with Crippen molar-refractivity contribution in [3.63, 3.8) is 0 Å². The number of halogens is 1. The lowest BCUT2D eigenvalue weighted by atomic mass is 9.98. The number of aryl methyl sites for hydroxylation is 1. The lowest BCUT2D eigenvalue weighted by Gasteiger charge is -2.24. The van der Waals surface area contributed by atoms with Gasteiger partial charge >= 0.3 is 0 Å². The lowest BCUT2D eigenvalue weighted by Crippen LogP contribution is -2.26. The molecule has 0 spiro atoms. The van der Waals surface area contributed by atoms with Crippen LogP contribution in [0.15, 0.2) is 24.7 Å². The summed E-state index contributed by atoms with van der Waals surface area (Å²) in [5.41, 5.74) is 3.48. The molecule has 21 heavy (non-hydrogen) atoms. The molecule has 2 aromatic rings. The molecule has 0 aliphatic heterocycles. The highest BCUT2D eigenvalue weighted by Crippen LogP contribution is 2.31. The summed E-state index contributed by atoms with van der Waals surface area (Å²) in [4.78, 5) is 4.24. The molecule has 0 bridgehead atoms. The Balaban J connectivity index is 2.56. The van der Waals surface area contributed by atoms with E-state index in [1.807, 2.05) is 17.1 Å². The maximum absolute atomic E-state index is 6.43. The third-order valence-electron chi connectivity index (χ3n) is 3.59. The van der Waals surface area contributed by atoms with Crippen LogP contribution in [0.1, 0.15) is 56.6 Å². The number of aromatic nitrogens is 3. The maximum atomic E-state index is 6.43. The molecule has 1 N–H and O–H groups in total. The summed E-state index contributed by atoms with van der Waals surface area (Å²) in [5, 5.41) is 8.67. The standard InChI is InChI=1S/C16H23ClN4/c1-5-12-9-18-8-7-13(12)15(19-6-2)16-14(17)10-20-21(16)11(3)4/h7-11,15,19H,5-6H2,1-4H3. The van der Waals surface area contributed by atoms with Crippen LogP contribution in [-0.2, 0) is 6.42 Å². The first-order valence-corrected chi connectivity index (χ1v) is 7.86. The molecule has 0 saturated carbocycles. The van der Waals surface area contributed by atoms with Crippen molar-refractivity contribution in [3.05, 3.63) is 46.5 Å². The molecule has 114 valence electrons. The highest BCUT2D eigenvalue weighted by Gasteiger charge is 2.24. The molecule has 2 rings (SSSR count). The van der Waals surface area contributed by atoms with Gasteiger partial charge in [-0.1, -0.05) is 25.4 Å². The SMILES string of the molecule is CCNC(c1ccncc1CC)c1c(Cl)cnn1C(C)C. The first-order chi connectivity index (χ1) is 10.1. The second-order valence-corrected chi connectivity index (χ2v) is 5.74. The second kappa shape index (κ2) is 7.05. The van der Waals surface area contributed by atoms with Crippen LogP contribution in [0.25, 0.3) is 0 Å². The van der Waals surface area contributed by atoms with Gasteiger partial charge in [0.2, 0.25) is 0 Å². The third-order valence-corrected chi connectivity index (χ3v) is 3.88. The Morgan fingerprint density at radius 3 is 2.67 bits per heavy atom. The number of nitrogens with zero attached hydrogens (tertiary/aromatic N) is 3. The average molecular weight is 307 g/mol. The Bertz CT molecular complexity index is 592. The van der Waals surface area contributed by atoms with Crippen molar-refractivity contribution in [2.75, 3.05) is 6.54 Å². The zero-order chi connectivity index (χ0) is 15.4. The van der Waals surface area contributed by atoms with Gasteiger partial charge in [0, 0.05) is 18.4 Å². The lowest BCUT2D eigenvalue weighted by molar-refractivity contribution is 0.475. The summed E-state index contributed by atoms with van der Waals surface area (Å²) in [6.07, 6.45) is 6.44. The van der Waals surface area contributed by atoms with Gasteiger partial charge in [0.05, 0.1) is 23.0 Å². The van der Waals surface area contributed by atoms with E-state index in [1.54, 1.807) is 6.20 Å². The molecule has 2 aromatic heterocycles. The summed E-state index contributed by atoms with van der Waals surface area (Å²) >= 11 is 6.43. The molecule has 5 heteroatoms. The molecule has 2 heterocycles. The molecule has 0 aliphatic carbocycles. The highest BCUT2D eigenvalue weighted by molar-refractivity contribution is 6.31. The van der Waals surface area contributed by atoms with Crippen LogP contribution in [0.3, 0.4) is 0 Å². The van der Waals surface area contributed by atoms with E-state index in [0.29, 0.717) is 5.02 Å². The van der Waals surface area contributed by atoms with Crippen LogP contribution in [0, 0.1) is 0 Å². The van der Waals surface area contributed by atoms with Crippen LogP contribution in [-0.4, -0.2) is 21.3 Å². The van der Waals surface area contributed by atoms with E-state index in [0.717, 1.165) is 18.7 Å². The van der Waals surface area contributed by atoms with Crippen molar-refractivity contribution in [1.29, 1.82) is 0 Å². The van der Waals surface area contributed by atoms with Gasteiger partial charge in [0.15, 0.2) is 0 Å². The van der Waals surface area contributed by atoms with Gasteiger partial charge < -0.3 is 5.32 Å². The molecule has 0 amide bonds. The Kier molecular flexibility index (Phi) is 5.37. The smallest absolute Gasteiger partial charge is 0.0837 e. The van der Waals surface area contributed by atoms with Gasteiger partial charge in [-0.15, -0.1) is 0 Å². The molecule has 1 unspecified atom stereocenters. The molecule has 0 saturated heterocycles. The number of hydrogen-bond donors (Lipinski definition) is 1. The fourth-order valence-electron chi connectivity index (χ4n) is 2.61. The zero-order valence-electron chi connectivity index (χ0n) is 13.1. The summed E-state index contributed by atoms with van der Waals surface area (Å²) < 4.78 is 2.00. The van der Waals surface area contributed by atoms with Gasteiger partial charge in [0.25, 0.3) is 0 Å². The largest absolute Gasteiger partial charge is 0.305 e. The van der Waals surface area contributed by atoms with Gasteiger partial charge in [-0.05, 0) is 44.0 Å². The molecule has 0 aromatic carbocycles.